The van der Waals surface area contributed by atoms with E-state index in [1.165, 1.54) is 0 Å². The van der Waals surface area contributed by atoms with Crippen molar-refractivity contribution in [1.82, 2.24) is 9.78 Å². The van der Waals surface area contributed by atoms with Crippen molar-refractivity contribution in [1.29, 1.82) is 0 Å². The van der Waals surface area contributed by atoms with Gasteiger partial charge in [0.1, 0.15) is 0 Å². The number of benzene rings is 1. The Labute approximate surface area is 118 Å². The molecule has 0 radical (unpaired) electrons. The molecule has 0 aliphatic heterocycles. The molecule has 1 aromatic carbocycles. The number of aliphatic hydroxyl groups is 1. The molecule has 2 N–H and O–H groups in total. The van der Waals surface area contributed by atoms with E-state index in [1.54, 1.807) is 6.20 Å². The lowest BCUT2D eigenvalue weighted by atomic mass is 10.1. The molecule has 2 aromatic rings. The van der Waals surface area contributed by atoms with Crippen LogP contribution in [-0.4, -0.2) is 21.5 Å². The van der Waals surface area contributed by atoms with Crippen molar-refractivity contribution in [3.63, 3.8) is 0 Å². The van der Waals surface area contributed by atoms with Crippen LogP contribution >= 0.6 is 11.6 Å². The normalized spacial score (nSPS) is 12.4. The average molecular weight is 280 g/mol. The van der Waals surface area contributed by atoms with Gasteiger partial charge in [-0.25, -0.2) is 0 Å². The van der Waals surface area contributed by atoms with E-state index in [0.717, 1.165) is 24.2 Å². The van der Waals surface area contributed by atoms with Crippen LogP contribution in [0.25, 0.3) is 0 Å². The molecule has 0 saturated heterocycles. The minimum Gasteiger partial charge on any atom is -0.394 e. The second-order valence-electron chi connectivity index (χ2n) is 4.40. The van der Waals surface area contributed by atoms with Gasteiger partial charge in [0.05, 0.1) is 29.6 Å². The Bertz CT molecular complexity index is 527. The smallest absolute Gasteiger partial charge is 0.0776 e. The molecule has 1 aromatic heterocycles. The minimum absolute atomic E-state index is 0.0109. The van der Waals surface area contributed by atoms with E-state index in [9.17, 15) is 5.11 Å². The Balaban J connectivity index is 2.13. The first kappa shape index (κ1) is 13.9. The summed E-state index contributed by atoms with van der Waals surface area (Å²) in [4.78, 5) is 0. The predicted octanol–water partition coefficient (Wildman–Crippen LogP) is 3.09. The average Bonchev–Trinajstić information content (AvgIpc) is 2.87. The molecule has 0 aliphatic rings. The highest BCUT2D eigenvalue weighted by molar-refractivity contribution is 6.33. The van der Waals surface area contributed by atoms with Crippen LogP contribution in [0.5, 0.6) is 0 Å². The third kappa shape index (κ3) is 3.49. The number of hydrogen-bond donors (Lipinski definition) is 2. The van der Waals surface area contributed by atoms with Crippen LogP contribution in [0.4, 0.5) is 5.69 Å². The first-order valence-corrected chi connectivity index (χ1v) is 6.76. The zero-order chi connectivity index (χ0) is 13.7. The summed E-state index contributed by atoms with van der Waals surface area (Å²) in [7, 11) is 0. The van der Waals surface area contributed by atoms with Gasteiger partial charge in [-0.3, -0.25) is 4.68 Å². The van der Waals surface area contributed by atoms with Crippen molar-refractivity contribution in [2.75, 3.05) is 11.9 Å². The number of para-hydroxylation sites is 1. The topological polar surface area (TPSA) is 50.1 Å². The fraction of sp³-hybridized carbons (Fsp3) is 0.357. The summed E-state index contributed by atoms with van der Waals surface area (Å²) in [5, 5.41) is 17.7. The lowest BCUT2D eigenvalue weighted by molar-refractivity contribution is 0.276. The summed E-state index contributed by atoms with van der Waals surface area (Å²) in [5.74, 6) is 0. The summed E-state index contributed by atoms with van der Waals surface area (Å²) in [6, 6.07) is 7.29. The molecule has 0 spiro atoms. The molecule has 0 amide bonds. The number of aromatic nitrogens is 2. The fourth-order valence-electron chi connectivity index (χ4n) is 1.91. The van der Waals surface area contributed by atoms with Crippen molar-refractivity contribution in [2.45, 2.75) is 25.9 Å². The van der Waals surface area contributed by atoms with Gasteiger partial charge >= 0.3 is 0 Å². The maximum Gasteiger partial charge on any atom is 0.0776 e. The van der Waals surface area contributed by atoms with Gasteiger partial charge in [0.15, 0.2) is 0 Å². The van der Waals surface area contributed by atoms with Gasteiger partial charge in [-0.05, 0) is 18.6 Å². The second-order valence-corrected chi connectivity index (χ2v) is 4.80. The number of hydrogen-bond acceptors (Lipinski definition) is 3. The zero-order valence-corrected chi connectivity index (χ0v) is 11.6. The van der Waals surface area contributed by atoms with Gasteiger partial charge < -0.3 is 10.4 Å². The summed E-state index contributed by atoms with van der Waals surface area (Å²) in [6.45, 7) is 2.97. The Morgan fingerprint density at radius 3 is 2.89 bits per heavy atom. The van der Waals surface area contributed by atoms with Gasteiger partial charge in [0.25, 0.3) is 0 Å². The molecule has 0 fully saturated rings. The Morgan fingerprint density at radius 2 is 2.21 bits per heavy atom. The van der Waals surface area contributed by atoms with Gasteiger partial charge in [-0.2, -0.15) is 5.10 Å². The summed E-state index contributed by atoms with van der Waals surface area (Å²) < 4.78 is 1.88. The van der Waals surface area contributed by atoms with Gasteiger partial charge in [0.2, 0.25) is 0 Å². The number of aliphatic hydroxyl groups excluding tert-OH is 1. The summed E-state index contributed by atoms with van der Waals surface area (Å²) in [5.41, 5.74) is 1.77. The Morgan fingerprint density at radius 1 is 1.42 bits per heavy atom. The molecule has 4 nitrogen and oxygen atoms in total. The van der Waals surface area contributed by atoms with E-state index in [4.69, 9.17) is 11.6 Å². The van der Waals surface area contributed by atoms with Crippen molar-refractivity contribution < 1.29 is 5.11 Å². The van der Waals surface area contributed by atoms with E-state index in [1.807, 2.05) is 35.1 Å². The van der Waals surface area contributed by atoms with Crippen LogP contribution in [0.2, 0.25) is 5.02 Å². The van der Waals surface area contributed by atoms with Crippen molar-refractivity contribution in [3.8, 4) is 0 Å². The van der Waals surface area contributed by atoms with Gasteiger partial charge in [-0.1, -0.05) is 30.7 Å². The van der Waals surface area contributed by atoms with Crippen molar-refractivity contribution in [3.05, 3.63) is 47.2 Å². The van der Waals surface area contributed by atoms with Crippen LogP contribution in [0.3, 0.4) is 0 Å². The summed E-state index contributed by atoms with van der Waals surface area (Å²) >= 11 is 6.10. The molecule has 5 heteroatoms. The molecular weight excluding hydrogens is 262 g/mol. The lowest BCUT2D eigenvalue weighted by Gasteiger charge is -2.17. The predicted molar refractivity (Wildman–Crippen MR) is 77.4 cm³/mol. The highest BCUT2D eigenvalue weighted by Gasteiger charge is 2.13. The van der Waals surface area contributed by atoms with Crippen molar-refractivity contribution in [2.24, 2.45) is 0 Å². The quantitative estimate of drug-likeness (QED) is 0.854. The largest absolute Gasteiger partial charge is 0.394 e. The van der Waals surface area contributed by atoms with Crippen LogP contribution in [0, 0.1) is 0 Å². The zero-order valence-electron chi connectivity index (χ0n) is 10.9. The van der Waals surface area contributed by atoms with E-state index < -0.39 is 0 Å². The molecule has 1 atom stereocenters. The molecule has 1 heterocycles. The Kier molecular flexibility index (Phi) is 4.82. The van der Waals surface area contributed by atoms with E-state index in [0.29, 0.717) is 5.02 Å². The minimum atomic E-state index is -0.203. The SMILES string of the molecule is CCCn1cc(C(CO)Nc2ccccc2Cl)cn1. The van der Waals surface area contributed by atoms with Crippen LogP contribution in [0.15, 0.2) is 36.7 Å². The number of halogens is 1. The molecule has 1 unspecified atom stereocenters. The number of nitrogens with one attached hydrogen (secondary N) is 1. The number of nitrogens with zero attached hydrogens (tertiary/aromatic N) is 2. The Hall–Kier alpha value is -1.52. The van der Waals surface area contributed by atoms with Crippen LogP contribution in [-0.2, 0) is 6.54 Å². The highest BCUT2D eigenvalue weighted by Crippen LogP contribution is 2.25. The summed E-state index contributed by atoms with van der Waals surface area (Å²) in [6.07, 6.45) is 4.76. The molecular formula is C14H18ClN3O. The first-order chi connectivity index (χ1) is 9.24. The van der Waals surface area contributed by atoms with Gasteiger partial charge in [0, 0.05) is 18.3 Å². The van der Waals surface area contributed by atoms with E-state index >= 15 is 0 Å². The van der Waals surface area contributed by atoms with E-state index in [2.05, 4.69) is 17.3 Å². The molecule has 19 heavy (non-hydrogen) atoms. The van der Waals surface area contributed by atoms with Crippen LogP contribution in [0.1, 0.15) is 24.9 Å². The first-order valence-electron chi connectivity index (χ1n) is 6.39. The second kappa shape index (κ2) is 6.59. The fourth-order valence-corrected chi connectivity index (χ4v) is 2.10. The number of rotatable bonds is 6. The standard InChI is InChI=1S/C14H18ClN3O/c1-2-7-18-9-11(8-16-18)14(10-19)17-13-6-4-3-5-12(13)15/h3-6,8-9,14,17,19H,2,7,10H2,1H3. The third-order valence-corrected chi connectivity index (χ3v) is 3.22. The third-order valence-electron chi connectivity index (χ3n) is 2.89. The maximum atomic E-state index is 9.53. The maximum absolute atomic E-state index is 9.53. The monoisotopic (exact) mass is 279 g/mol. The molecule has 102 valence electrons. The molecule has 0 aliphatic carbocycles. The number of anilines is 1. The lowest BCUT2D eigenvalue weighted by Crippen LogP contribution is -2.14. The molecule has 0 bridgehead atoms. The van der Waals surface area contributed by atoms with Gasteiger partial charge in [-0.15, -0.1) is 0 Å². The highest BCUT2D eigenvalue weighted by atomic mass is 35.5. The molecule has 0 saturated carbocycles. The number of aryl methyl sites for hydroxylation is 1. The van der Waals surface area contributed by atoms with Crippen molar-refractivity contribution >= 4 is 17.3 Å². The molecule has 2 rings (SSSR count). The van der Waals surface area contributed by atoms with Crippen LogP contribution < -0.4 is 5.32 Å². The van der Waals surface area contributed by atoms with E-state index in [-0.39, 0.29) is 12.6 Å².